The molecular formula is C68H44N2O2S2Si2. The first kappa shape index (κ1) is 44.7. The minimum atomic E-state index is -2.92. The molecule has 8 heteroatoms. The lowest BCUT2D eigenvalue weighted by atomic mass is 9.83. The fraction of sp³-hybridized carbons (Fsp3) is 0. The van der Waals surface area contributed by atoms with Crippen molar-refractivity contribution in [2.45, 2.75) is 0 Å². The van der Waals surface area contributed by atoms with Gasteiger partial charge in [0.25, 0.3) is 0 Å². The molecule has 2 aliphatic heterocycles. The Bertz CT molecular complexity index is 4130. The van der Waals surface area contributed by atoms with Gasteiger partial charge in [-0.05, 0) is 89.5 Å². The van der Waals surface area contributed by atoms with Crippen molar-refractivity contribution < 1.29 is 9.59 Å². The van der Waals surface area contributed by atoms with Crippen LogP contribution in [0.15, 0.2) is 267 Å². The Morgan fingerprint density at radius 3 is 1.11 bits per heavy atom. The normalized spacial score (nSPS) is 14.5. The van der Waals surface area contributed by atoms with E-state index in [2.05, 4.69) is 240 Å². The van der Waals surface area contributed by atoms with E-state index in [1.54, 1.807) is 34.8 Å². The largest absolute Gasteiger partial charge is 0.302 e. The number of anilines is 6. The van der Waals surface area contributed by atoms with Crippen LogP contribution in [0.25, 0.3) is 20.5 Å². The number of benzene rings is 10. The number of para-hydroxylation sites is 4. The Labute approximate surface area is 450 Å². The van der Waals surface area contributed by atoms with Crippen LogP contribution in [0.1, 0.15) is 31.8 Å². The Balaban J connectivity index is 0.994. The van der Waals surface area contributed by atoms with Crippen molar-refractivity contribution >= 4 is 134 Å². The molecule has 4 nitrogen and oxygen atoms in total. The van der Waals surface area contributed by atoms with Gasteiger partial charge in [-0.1, -0.05) is 224 Å². The van der Waals surface area contributed by atoms with Crippen molar-refractivity contribution in [1.29, 1.82) is 0 Å². The summed E-state index contributed by atoms with van der Waals surface area (Å²) < 4.78 is 2.26. The van der Waals surface area contributed by atoms with E-state index in [0.717, 1.165) is 41.9 Å². The Morgan fingerprint density at radius 1 is 0.316 bits per heavy atom. The third kappa shape index (κ3) is 6.27. The van der Waals surface area contributed by atoms with Crippen molar-refractivity contribution in [3.05, 3.63) is 289 Å². The minimum Gasteiger partial charge on any atom is -0.302 e. The monoisotopic (exact) mass is 1040 g/mol. The molecule has 0 radical (unpaired) electrons. The van der Waals surface area contributed by atoms with Gasteiger partial charge in [-0.15, -0.1) is 22.7 Å². The van der Waals surface area contributed by atoms with Crippen molar-refractivity contribution in [1.82, 2.24) is 0 Å². The zero-order valence-electron chi connectivity index (χ0n) is 40.9. The highest BCUT2D eigenvalue weighted by atomic mass is 32.1. The Hall–Kier alpha value is -8.77. The molecule has 1 aliphatic carbocycles. The predicted octanol–water partition coefficient (Wildman–Crippen LogP) is 11.7. The molecule has 0 unspecified atom stereocenters. The number of ketones is 2. The van der Waals surface area contributed by atoms with E-state index in [1.165, 1.54) is 52.9 Å². The lowest BCUT2D eigenvalue weighted by Gasteiger charge is -2.45. The SMILES string of the molecule is O=C1c2ccccc2C(=O)c2cc(-c3c(N4c5ccccc5[Si](c5ccccc5)(c5ccccc5)c5ccccc54)sc4cc(N5c6ccccc6[Si](c6ccccc6)(c6ccccc6)c6ccccc65)sc34)ccc21. The summed E-state index contributed by atoms with van der Waals surface area (Å²) in [6.07, 6.45) is 0. The number of nitrogens with zero attached hydrogens (tertiary/aromatic N) is 2. The average molecular weight is 1040 g/mol. The second-order valence-electron chi connectivity index (χ2n) is 19.7. The van der Waals surface area contributed by atoms with Gasteiger partial charge in [-0.25, -0.2) is 0 Å². The van der Waals surface area contributed by atoms with Gasteiger partial charge in [-0.3, -0.25) is 9.59 Å². The summed E-state index contributed by atoms with van der Waals surface area (Å²) in [5, 5.41) is 12.8. The number of carbonyl (C=O) groups is 2. The summed E-state index contributed by atoms with van der Waals surface area (Å²) in [5.41, 5.74) is 8.32. The van der Waals surface area contributed by atoms with Crippen LogP contribution < -0.4 is 51.3 Å². The lowest BCUT2D eigenvalue weighted by molar-refractivity contribution is 0.0979. The molecule has 0 N–H and O–H groups in total. The number of rotatable bonds is 7. The van der Waals surface area contributed by atoms with E-state index < -0.39 is 16.1 Å². The summed E-state index contributed by atoms with van der Waals surface area (Å²) >= 11 is 3.59. The number of fused-ring (bicyclic) bond motifs is 7. The van der Waals surface area contributed by atoms with E-state index in [-0.39, 0.29) is 11.6 Å². The van der Waals surface area contributed by atoms with Crippen LogP contribution in [0.4, 0.5) is 32.8 Å². The number of carbonyl (C=O) groups excluding carboxylic acids is 2. The molecule has 3 aliphatic rings. The first-order chi connectivity index (χ1) is 37.6. The molecule has 0 atom stereocenters. The first-order valence-electron chi connectivity index (χ1n) is 25.7. The van der Waals surface area contributed by atoms with Gasteiger partial charge in [0.2, 0.25) is 0 Å². The lowest BCUT2D eigenvalue weighted by Crippen LogP contribution is -2.77. The topological polar surface area (TPSA) is 40.6 Å². The summed E-state index contributed by atoms with van der Waals surface area (Å²) in [6.45, 7) is 0. The molecule has 0 fully saturated rings. The molecule has 15 rings (SSSR count). The average Bonchev–Trinajstić information content (AvgIpc) is 4.09. The minimum absolute atomic E-state index is 0.124. The number of hydrogen-bond acceptors (Lipinski definition) is 6. The van der Waals surface area contributed by atoms with Crippen molar-refractivity contribution in [3.8, 4) is 11.1 Å². The van der Waals surface area contributed by atoms with Crippen LogP contribution in [0.2, 0.25) is 0 Å². The van der Waals surface area contributed by atoms with Gasteiger partial charge in [0.05, 0.1) is 9.40 Å². The molecule has 76 heavy (non-hydrogen) atoms. The summed E-state index contributed by atoms with van der Waals surface area (Å²) in [7, 11) is -5.77. The molecule has 0 amide bonds. The molecule has 0 saturated heterocycles. The van der Waals surface area contributed by atoms with Crippen molar-refractivity contribution in [2.75, 3.05) is 9.80 Å². The van der Waals surface area contributed by atoms with Gasteiger partial charge in [0.15, 0.2) is 27.7 Å². The molecule has 358 valence electrons. The van der Waals surface area contributed by atoms with Crippen LogP contribution in [0, 0.1) is 0 Å². The zero-order chi connectivity index (χ0) is 50.5. The summed E-state index contributed by atoms with van der Waals surface area (Å²) in [4.78, 5) is 33.8. The maximum absolute atomic E-state index is 14.6. The predicted molar refractivity (Wildman–Crippen MR) is 322 cm³/mol. The quantitative estimate of drug-likeness (QED) is 0.149. The van der Waals surface area contributed by atoms with E-state index >= 15 is 0 Å². The van der Waals surface area contributed by atoms with E-state index in [0.29, 0.717) is 22.3 Å². The standard InChI is InChI=1S/C68H44N2O2S2Si2/c71-65-50-31-13-14-32-51(50)66(72)53-43-45(41-42-52(53)65)64-67-58(73-68(64)70-56-35-17-21-39-61(56)76(48-27-9-3-10-28-48,49-29-11-4-12-30-49)62-40-22-18-36-57(62)70)44-63(74-67)69-54-33-15-19-37-59(54)75(46-23-5-1-6-24-46,47-25-7-2-8-26-47)60-38-20-16-34-55(60)69/h1-44H. The summed E-state index contributed by atoms with van der Waals surface area (Å²) in [5.74, 6) is -0.256. The van der Waals surface area contributed by atoms with Gasteiger partial charge >= 0.3 is 0 Å². The van der Waals surface area contributed by atoms with Crippen LogP contribution in [0.3, 0.4) is 0 Å². The molecule has 2 aromatic heterocycles. The Kier molecular flexibility index (Phi) is 10.2. The molecular weight excluding hydrogens is 997 g/mol. The third-order valence-electron chi connectivity index (χ3n) is 16.0. The second-order valence-corrected chi connectivity index (χ2v) is 29.3. The second kappa shape index (κ2) is 17.4. The molecule has 0 bridgehead atoms. The molecule has 4 heterocycles. The zero-order valence-corrected chi connectivity index (χ0v) is 44.6. The van der Waals surface area contributed by atoms with E-state index in [4.69, 9.17) is 0 Å². The number of hydrogen-bond donors (Lipinski definition) is 0. The van der Waals surface area contributed by atoms with Gasteiger partial charge < -0.3 is 9.80 Å². The van der Waals surface area contributed by atoms with Crippen molar-refractivity contribution in [3.63, 3.8) is 0 Å². The van der Waals surface area contributed by atoms with Gasteiger partial charge in [0.1, 0.15) is 10.0 Å². The Morgan fingerprint density at radius 2 is 0.671 bits per heavy atom. The summed E-state index contributed by atoms with van der Waals surface area (Å²) in [6, 6.07) is 96.3. The smallest absolute Gasteiger partial charge is 0.194 e. The third-order valence-corrected chi connectivity index (χ3v) is 28.1. The molecule has 10 aromatic carbocycles. The van der Waals surface area contributed by atoms with E-state index in [9.17, 15) is 9.59 Å². The van der Waals surface area contributed by atoms with E-state index in [1.807, 2.05) is 24.3 Å². The first-order valence-corrected chi connectivity index (χ1v) is 31.3. The van der Waals surface area contributed by atoms with Gasteiger partial charge in [0, 0.05) is 50.6 Å². The molecule has 0 spiro atoms. The molecule has 12 aromatic rings. The van der Waals surface area contributed by atoms with Crippen LogP contribution in [0.5, 0.6) is 0 Å². The highest BCUT2D eigenvalue weighted by Crippen LogP contribution is 2.56. The molecule has 0 saturated carbocycles. The maximum atomic E-state index is 14.6. The van der Waals surface area contributed by atoms with Crippen LogP contribution in [-0.4, -0.2) is 27.7 Å². The maximum Gasteiger partial charge on any atom is 0.194 e. The fourth-order valence-corrected chi connectivity index (χ4v) is 25.9. The highest BCUT2D eigenvalue weighted by molar-refractivity contribution is 7.33. The highest BCUT2D eigenvalue weighted by Gasteiger charge is 2.51. The van der Waals surface area contributed by atoms with Crippen LogP contribution >= 0.6 is 22.7 Å². The fourth-order valence-electron chi connectivity index (χ4n) is 12.9. The van der Waals surface area contributed by atoms with Gasteiger partial charge in [-0.2, -0.15) is 0 Å². The van der Waals surface area contributed by atoms with Crippen molar-refractivity contribution in [2.24, 2.45) is 0 Å². The van der Waals surface area contributed by atoms with Crippen LogP contribution in [-0.2, 0) is 0 Å². The number of thiophene rings is 2.